The number of hydrogen-bond acceptors (Lipinski definition) is 5. The summed E-state index contributed by atoms with van der Waals surface area (Å²) in [6.07, 6.45) is 6.40. The average Bonchev–Trinajstić information content (AvgIpc) is 3.35. The molecule has 0 bridgehead atoms. The first kappa shape index (κ1) is 15.1. The molecule has 6 nitrogen and oxygen atoms in total. The van der Waals surface area contributed by atoms with Gasteiger partial charge in [-0.1, -0.05) is 0 Å². The minimum absolute atomic E-state index is 0.111. The van der Waals surface area contributed by atoms with Crippen LogP contribution in [-0.4, -0.2) is 60.1 Å². The van der Waals surface area contributed by atoms with Crippen LogP contribution >= 0.6 is 0 Å². The van der Waals surface area contributed by atoms with Crippen molar-refractivity contribution in [3.63, 3.8) is 0 Å². The van der Waals surface area contributed by atoms with Crippen LogP contribution in [0.1, 0.15) is 43.3 Å². The predicted octanol–water partition coefficient (Wildman–Crippen LogP) is 1.62. The Balaban J connectivity index is 1.33. The number of morpholine rings is 1. The Bertz CT molecular complexity index is 549. The van der Waals surface area contributed by atoms with Gasteiger partial charge in [-0.2, -0.15) is 0 Å². The maximum Gasteiger partial charge on any atom is 0.227 e. The molecule has 126 valence electrons. The normalized spacial score (nSPS) is 26.4. The lowest BCUT2D eigenvalue weighted by Crippen LogP contribution is -2.48. The van der Waals surface area contributed by atoms with Gasteiger partial charge >= 0.3 is 0 Å². The van der Waals surface area contributed by atoms with Crippen molar-refractivity contribution in [1.82, 2.24) is 14.8 Å². The van der Waals surface area contributed by atoms with Crippen LogP contribution in [0.4, 0.5) is 0 Å². The monoisotopic (exact) mass is 319 g/mol. The molecule has 1 aromatic rings. The Kier molecular flexibility index (Phi) is 4.35. The van der Waals surface area contributed by atoms with Crippen molar-refractivity contribution in [2.24, 2.45) is 5.92 Å². The van der Waals surface area contributed by atoms with E-state index >= 15 is 0 Å². The van der Waals surface area contributed by atoms with Gasteiger partial charge in [0.25, 0.3) is 0 Å². The summed E-state index contributed by atoms with van der Waals surface area (Å²) in [5, 5.41) is 0. The van der Waals surface area contributed by atoms with Crippen molar-refractivity contribution in [2.75, 3.05) is 39.4 Å². The number of piperidine rings is 1. The molecule has 3 aliphatic rings. The average molecular weight is 319 g/mol. The number of aromatic nitrogens is 1. The summed E-state index contributed by atoms with van der Waals surface area (Å²) >= 11 is 0. The van der Waals surface area contributed by atoms with Gasteiger partial charge in [0.1, 0.15) is 5.76 Å². The lowest BCUT2D eigenvalue weighted by molar-refractivity contribution is -0.141. The van der Waals surface area contributed by atoms with Crippen molar-refractivity contribution in [1.29, 1.82) is 0 Å². The van der Waals surface area contributed by atoms with E-state index in [2.05, 4.69) is 9.88 Å². The van der Waals surface area contributed by atoms with E-state index < -0.39 is 0 Å². The summed E-state index contributed by atoms with van der Waals surface area (Å²) in [7, 11) is 0. The van der Waals surface area contributed by atoms with Gasteiger partial charge in [-0.3, -0.25) is 9.69 Å². The van der Waals surface area contributed by atoms with Crippen LogP contribution in [0.25, 0.3) is 0 Å². The van der Waals surface area contributed by atoms with Gasteiger partial charge in [0.15, 0.2) is 0 Å². The number of ether oxygens (including phenoxy) is 1. The van der Waals surface area contributed by atoms with E-state index in [9.17, 15) is 4.79 Å². The Morgan fingerprint density at radius 2 is 2.04 bits per heavy atom. The smallest absolute Gasteiger partial charge is 0.227 e. The molecule has 3 fully saturated rings. The van der Waals surface area contributed by atoms with Crippen LogP contribution < -0.4 is 0 Å². The molecule has 6 heteroatoms. The molecule has 0 spiro atoms. The van der Waals surface area contributed by atoms with Crippen LogP contribution in [0.5, 0.6) is 0 Å². The van der Waals surface area contributed by atoms with E-state index in [1.807, 2.05) is 11.1 Å². The Morgan fingerprint density at radius 3 is 2.83 bits per heavy atom. The Hall–Kier alpha value is -1.40. The maximum absolute atomic E-state index is 12.7. The lowest BCUT2D eigenvalue weighted by Gasteiger charge is -2.35. The fourth-order valence-electron chi connectivity index (χ4n) is 3.59. The third-order valence-corrected chi connectivity index (χ3v) is 5.09. The molecule has 1 amide bonds. The molecule has 1 atom stereocenters. The van der Waals surface area contributed by atoms with Crippen molar-refractivity contribution >= 4 is 5.91 Å². The first-order chi connectivity index (χ1) is 11.3. The van der Waals surface area contributed by atoms with Gasteiger partial charge in [0.2, 0.25) is 11.8 Å². The van der Waals surface area contributed by atoms with E-state index in [1.54, 1.807) is 0 Å². The number of hydrogen-bond donors (Lipinski definition) is 0. The van der Waals surface area contributed by atoms with E-state index in [1.165, 1.54) is 12.8 Å². The summed E-state index contributed by atoms with van der Waals surface area (Å²) in [4.78, 5) is 21.3. The van der Waals surface area contributed by atoms with Crippen molar-refractivity contribution in [2.45, 2.75) is 38.1 Å². The van der Waals surface area contributed by atoms with E-state index in [0.717, 1.165) is 57.2 Å². The SMILES string of the molecule is O=C(C1CCCN(Cc2ncc(C3CC3)o2)C1)N1CCOCC1. The highest BCUT2D eigenvalue weighted by molar-refractivity contribution is 5.79. The largest absolute Gasteiger partial charge is 0.444 e. The quantitative estimate of drug-likeness (QED) is 0.844. The van der Waals surface area contributed by atoms with E-state index in [-0.39, 0.29) is 5.92 Å². The van der Waals surface area contributed by atoms with Crippen molar-refractivity contribution < 1.29 is 13.9 Å². The molecule has 1 unspecified atom stereocenters. The Morgan fingerprint density at radius 1 is 1.22 bits per heavy atom. The fraction of sp³-hybridized carbons (Fsp3) is 0.765. The van der Waals surface area contributed by atoms with Gasteiger partial charge < -0.3 is 14.1 Å². The molecule has 4 rings (SSSR count). The molecule has 0 radical (unpaired) electrons. The number of amides is 1. The molecule has 3 heterocycles. The highest BCUT2D eigenvalue weighted by Crippen LogP contribution is 2.40. The predicted molar refractivity (Wildman–Crippen MR) is 83.9 cm³/mol. The zero-order valence-corrected chi connectivity index (χ0v) is 13.6. The summed E-state index contributed by atoms with van der Waals surface area (Å²) in [5.41, 5.74) is 0. The van der Waals surface area contributed by atoms with Gasteiger partial charge in [-0.15, -0.1) is 0 Å². The number of rotatable bonds is 4. The number of likely N-dealkylation sites (tertiary alicyclic amines) is 1. The first-order valence-corrected chi connectivity index (χ1v) is 8.83. The summed E-state index contributed by atoms with van der Waals surface area (Å²) in [5.74, 6) is 2.85. The number of carbonyl (C=O) groups excluding carboxylic acids is 1. The van der Waals surface area contributed by atoms with Crippen LogP contribution in [-0.2, 0) is 16.1 Å². The first-order valence-electron chi connectivity index (χ1n) is 8.83. The van der Waals surface area contributed by atoms with Gasteiger partial charge in [0, 0.05) is 25.6 Å². The number of carbonyl (C=O) groups is 1. The standard InChI is InChI=1S/C17H25N3O3/c21-17(20-6-8-22-9-7-20)14-2-1-5-19(11-14)12-16-18-10-15(23-16)13-3-4-13/h10,13-14H,1-9,11-12H2. The van der Waals surface area contributed by atoms with Gasteiger partial charge in [-0.25, -0.2) is 4.98 Å². The zero-order valence-electron chi connectivity index (χ0n) is 13.6. The molecule has 1 aliphatic carbocycles. The summed E-state index contributed by atoms with van der Waals surface area (Å²) in [6.45, 7) is 5.37. The van der Waals surface area contributed by atoms with E-state index in [0.29, 0.717) is 25.0 Å². The minimum Gasteiger partial charge on any atom is -0.444 e. The van der Waals surface area contributed by atoms with Crippen LogP contribution in [0.2, 0.25) is 0 Å². The van der Waals surface area contributed by atoms with E-state index in [4.69, 9.17) is 9.15 Å². The second kappa shape index (κ2) is 6.61. The van der Waals surface area contributed by atoms with Crippen LogP contribution in [0.15, 0.2) is 10.6 Å². The molecular weight excluding hydrogens is 294 g/mol. The molecule has 2 saturated heterocycles. The minimum atomic E-state index is 0.111. The second-order valence-corrected chi connectivity index (χ2v) is 6.94. The van der Waals surface area contributed by atoms with Crippen LogP contribution in [0, 0.1) is 5.92 Å². The maximum atomic E-state index is 12.7. The molecule has 0 N–H and O–H groups in total. The third kappa shape index (κ3) is 3.58. The highest BCUT2D eigenvalue weighted by Gasteiger charge is 2.31. The van der Waals surface area contributed by atoms with Crippen LogP contribution in [0.3, 0.4) is 0 Å². The molecule has 23 heavy (non-hydrogen) atoms. The summed E-state index contributed by atoms with van der Waals surface area (Å²) < 4.78 is 11.2. The molecule has 1 saturated carbocycles. The van der Waals surface area contributed by atoms with Gasteiger partial charge in [-0.05, 0) is 32.2 Å². The number of nitrogens with zero attached hydrogens (tertiary/aromatic N) is 3. The van der Waals surface area contributed by atoms with Crippen molar-refractivity contribution in [3.05, 3.63) is 17.8 Å². The molecule has 0 aromatic carbocycles. The molecular formula is C17H25N3O3. The third-order valence-electron chi connectivity index (χ3n) is 5.09. The number of oxazole rings is 1. The Labute approximate surface area is 136 Å². The highest BCUT2D eigenvalue weighted by atomic mass is 16.5. The van der Waals surface area contributed by atoms with Gasteiger partial charge in [0.05, 0.1) is 31.9 Å². The fourth-order valence-corrected chi connectivity index (χ4v) is 3.59. The second-order valence-electron chi connectivity index (χ2n) is 6.94. The topological polar surface area (TPSA) is 58.8 Å². The molecule has 1 aromatic heterocycles. The molecule has 2 aliphatic heterocycles. The lowest BCUT2D eigenvalue weighted by atomic mass is 9.96. The zero-order chi connectivity index (χ0) is 15.6. The van der Waals surface area contributed by atoms with Crippen molar-refractivity contribution in [3.8, 4) is 0 Å². The summed E-state index contributed by atoms with van der Waals surface area (Å²) in [6, 6.07) is 0.